The topological polar surface area (TPSA) is 68.6 Å². The van der Waals surface area contributed by atoms with Crippen LogP contribution in [-0.4, -0.2) is 77.3 Å². The minimum absolute atomic E-state index is 0.392. The Hall–Kier alpha value is -0.500. The van der Waals surface area contributed by atoms with E-state index in [1.807, 2.05) is 0 Å². The van der Waals surface area contributed by atoms with Crippen LogP contribution in [0.4, 0.5) is 0 Å². The summed E-state index contributed by atoms with van der Waals surface area (Å²) in [5, 5.41) is 0. The third-order valence-corrected chi connectivity index (χ3v) is 2.82. The largest absolute Gasteiger partial charge is 0.376 e. The zero-order chi connectivity index (χ0) is 14.2. The molecular formula is C14H24O6. The van der Waals surface area contributed by atoms with Crippen LogP contribution in [0.2, 0.25) is 0 Å². The van der Waals surface area contributed by atoms with Gasteiger partial charge < -0.3 is 28.4 Å². The summed E-state index contributed by atoms with van der Waals surface area (Å²) in [5.41, 5.74) is 0. The highest BCUT2D eigenvalue weighted by atomic mass is 16.6. The lowest BCUT2D eigenvalue weighted by Gasteiger charge is -1.95. The van der Waals surface area contributed by atoms with Crippen molar-refractivity contribution < 1.29 is 28.4 Å². The summed E-state index contributed by atoms with van der Waals surface area (Å²) in [7, 11) is 0. The fraction of sp³-hybridized carbons (Fsp3) is 0.857. The van der Waals surface area contributed by atoms with Crippen LogP contribution < -0.4 is 0 Å². The van der Waals surface area contributed by atoms with Gasteiger partial charge in [-0.05, 0) is 0 Å². The Morgan fingerprint density at radius 3 is 0.950 bits per heavy atom. The maximum Gasteiger partial charge on any atom is 0.104 e. The van der Waals surface area contributed by atoms with Gasteiger partial charge >= 0.3 is 0 Å². The van der Waals surface area contributed by atoms with Crippen molar-refractivity contribution in [2.24, 2.45) is 0 Å². The van der Waals surface area contributed by atoms with Gasteiger partial charge in [-0.25, -0.2) is 0 Å². The van der Waals surface area contributed by atoms with E-state index < -0.39 is 0 Å². The highest BCUT2D eigenvalue weighted by Crippen LogP contribution is 2.13. The molecule has 4 aliphatic rings. The van der Waals surface area contributed by atoms with Crippen molar-refractivity contribution in [2.75, 3.05) is 52.9 Å². The number of rotatable bonds is 8. The Balaban J connectivity index is 0.000000131. The molecule has 0 aromatic heterocycles. The monoisotopic (exact) mass is 288 g/mol. The Morgan fingerprint density at radius 1 is 0.600 bits per heavy atom. The summed E-state index contributed by atoms with van der Waals surface area (Å²) in [6.45, 7) is 12.5. The van der Waals surface area contributed by atoms with Gasteiger partial charge in [-0.15, -0.1) is 13.2 Å². The van der Waals surface area contributed by atoms with Gasteiger partial charge in [-0.1, -0.05) is 0 Å². The second-order valence-corrected chi connectivity index (χ2v) is 4.90. The van der Waals surface area contributed by atoms with E-state index in [0.29, 0.717) is 24.4 Å². The second kappa shape index (κ2) is 8.71. The van der Waals surface area contributed by atoms with E-state index in [1.165, 1.54) is 0 Å². The molecule has 0 aliphatic carbocycles. The van der Waals surface area contributed by atoms with Gasteiger partial charge in [0.1, 0.15) is 24.4 Å². The molecule has 4 unspecified atom stereocenters. The maximum absolute atomic E-state index is 5.23. The average molecular weight is 288 g/mol. The first kappa shape index (κ1) is 15.9. The van der Waals surface area contributed by atoms with Crippen molar-refractivity contribution in [2.45, 2.75) is 24.4 Å². The predicted octanol–water partition coefficient (Wildman–Crippen LogP) is 0.403. The van der Waals surface area contributed by atoms with Crippen LogP contribution in [0.25, 0.3) is 0 Å². The number of hydrogen-bond donors (Lipinski definition) is 0. The molecule has 0 aromatic carbocycles. The first-order valence-electron chi connectivity index (χ1n) is 7.02. The molecule has 4 heterocycles. The Kier molecular flexibility index (Phi) is 6.92. The Labute approximate surface area is 119 Å². The molecule has 0 saturated carbocycles. The van der Waals surface area contributed by atoms with Crippen molar-refractivity contribution in [1.29, 1.82) is 0 Å². The van der Waals surface area contributed by atoms with Gasteiger partial charge in [-0.3, -0.25) is 0 Å². The van der Waals surface area contributed by atoms with Crippen LogP contribution in [0.3, 0.4) is 0 Å². The highest BCUT2D eigenvalue weighted by Gasteiger charge is 2.27. The van der Waals surface area contributed by atoms with Crippen LogP contribution >= 0.6 is 0 Å². The van der Waals surface area contributed by atoms with Crippen molar-refractivity contribution >= 4 is 0 Å². The zero-order valence-electron chi connectivity index (χ0n) is 11.8. The maximum atomic E-state index is 5.23. The first-order chi connectivity index (χ1) is 9.90. The summed E-state index contributed by atoms with van der Waals surface area (Å²) >= 11 is 0. The molecule has 0 N–H and O–H groups in total. The lowest BCUT2D eigenvalue weighted by atomic mass is 10.5. The van der Waals surface area contributed by atoms with Crippen LogP contribution in [-0.2, 0) is 28.4 Å². The molecule has 4 saturated heterocycles. The minimum Gasteiger partial charge on any atom is -0.376 e. The lowest BCUT2D eigenvalue weighted by molar-refractivity contribution is 0.102. The summed E-state index contributed by atoms with van der Waals surface area (Å²) in [6.07, 6.45) is 1.57. The molecule has 0 spiro atoms. The van der Waals surface area contributed by atoms with Gasteiger partial charge in [0.15, 0.2) is 0 Å². The lowest BCUT2D eigenvalue weighted by Crippen LogP contribution is -2.06. The molecule has 0 radical (unpaired) electrons. The number of hydrogen-bond acceptors (Lipinski definition) is 6. The molecule has 4 atom stereocenters. The fourth-order valence-electron chi connectivity index (χ4n) is 1.32. The van der Waals surface area contributed by atoms with Gasteiger partial charge in [0.25, 0.3) is 0 Å². The summed E-state index contributed by atoms with van der Waals surface area (Å²) in [4.78, 5) is 0. The average Bonchev–Trinajstić information content (AvgIpc) is 3.28. The molecule has 4 rings (SSSR count). The summed E-state index contributed by atoms with van der Waals surface area (Å²) in [5.74, 6) is 0. The molecule has 116 valence electrons. The van der Waals surface area contributed by atoms with Gasteiger partial charge in [-0.2, -0.15) is 0 Å². The van der Waals surface area contributed by atoms with E-state index in [1.54, 1.807) is 0 Å². The number of epoxide rings is 4. The summed E-state index contributed by atoms with van der Waals surface area (Å²) < 4.78 is 30.2. The van der Waals surface area contributed by atoms with Crippen LogP contribution in [0.5, 0.6) is 0 Å². The van der Waals surface area contributed by atoms with E-state index in [4.69, 9.17) is 28.4 Å². The van der Waals surface area contributed by atoms with Crippen molar-refractivity contribution in [3.63, 3.8) is 0 Å². The Bertz CT molecular complexity index is 208. The van der Waals surface area contributed by atoms with Gasteiger partial charge in [0.05, 0.1) is 52.9 Å². The molecular weight excluding hydrogens is 264 g/mol. The SMILES string of the molecule is C(OCC1CO1)C1CO1.C(OCC1CO1)C1CO1.C=C. The van der Waals surface area contributed by atoms with Crippen molar-refractivity contribution in [3.05, 3.63) is 13.2 Å². The minimum atomic E-state index is 0.392. The standard InChI is InChI=1S/2C6H10O3.C2H4/c2*1(5-3-8-5)7-2-6-4-9-6;1-2/h2*5-6H,1-4H2;1-2H2. The van der Waals surface area contributed by atoms with E-state index in [-0.39, 0.29) is 0 Å². The van der Waals surface area contributed by atoms with Gasteiger partial charge in [0.2, 0.25) is 0 Å². The molecule has 6 nitrogen and oxygen atoms in total. The van der Waals surface area contributed by atoms with Crippen LogP contribution in [0, 0.1) is 0 Å². The normalized spacial score (nSPS) is 35.0. The molecule has 4 aliphatic heterocycles. The van der Waals surface area contributed by atoms with E-state index in [0.717, 1.165) is 52.9 Å². The highest BCUT2D eigenvalue weighted by molar-refractivity contribution is 4.71. The van der Waals surface area contributed by atoms with Crippen molar-refractivity contribution in [3.8, 4) is 0 Å². The smallest absolute Gasteiger partial charge is 0.104 e. The van der Waals surface area contributed by atoms with E-state index in [2.05, 4.69) is 13.2 Å². The second-order valence-electron chi connectivity index (χ2n) is 4.90. The number of ether oxygens (including phenoxy) is 6. The van der Waals surface area contributed by atoms with Gasteiger partial charge in [0, 0.05) is 0 Å². The first-order valence-corrected chi connectivity index (χ1v) is 7.02. The van der Waals surface area contributed by atoms with Crippen LogP contribution in [0.15, 0.2) is 13.2 Å². The quantitative estimate of drug-likeness (QED) is 0.476. The third-order valence-electron chi connectivity index (χ3n) is 2.82. The molecule has 4 fully saturated rings. The summed E-state index contributed by atoms with van der Waals surface area (Å²) in [6, 6.07) is 0. The molecule has 0 amide bonds. The fourth-order valence-corrected chi connectivity index (χ4v) is 1.32. The molecule has 6 heteroatoms. The van der Waals surface area contributed by atoms with E-state index in [9.17, 15) is 0 Å². The predicted molar refractivity (Wildman–Crippen MR) is 71.9 cm³/mol. The third kappa shape index (κ3) is 8.63. The van der Waals surface area contributed by atoms with E-state index >= 15 is 0 Å². The molecule has 20 heavy (non-hydrogen) atoms. The molecule has 0 aromatic rings. The Morgan fingerprint density at radius 2 is 0.800 bits per heavy atom. The van der Waals surface area contributed by atoms with Crippen LogP contribution in [0.1, 0.15) is 0 Å². The van der Waals surface area contributed by atoms with Crippen molar-refractivity contribution in [1.82, 2.24) is 0 Å². The molecule has 0 bridgehead atoms. The zero-order valence-corrected chi connectivity index (χ0v) is 11.8.